The lowest BCUT2D eigenvalue weighted by Crippen LogP contribution is -2.28. The van der Waals surface area contributed by atoms with Gasteiger partial charge >= 0.3 is 0 Å². The molecule has 0 amide bonds. The van der Waals surface area contributed by atoms with Gasteiger partial charge in [0, 0.05) is 23.5 Å². The molecule has 2 aliphatic rings. The Labute approximate surface area is 397 Å². The number of hydrogen-bond donors (Lipinski definition) is 0. The normalized spacial score (nSPS) is 19.9. The molecule has 0 saturated heterocycles. The molecule has 2 aromatic heterocycles. The SMILES string of the molecule is CCCCCCC[C@H]1CC[C@H](C(OC(c2ccc(-c3cnc(CCCCCC)cn3)cc2)[C@H]2CC[C@H](CCCCCCC)CC2)c2ccc(-c3cnc(CCCCCC)cn3)cc2)CC1. The molecule has 5 nitrogen and oxygen atoms in total. The van der Waals surface area contributed by atoms with Gasteiger partial charge in [-0.3, -0.25) is 19.9 Å². The van der Waals surface area contributed by atoms with Crippen molar-refractivity contribution in [2.75, 3.05) is 0 Å². The number of ether oxygens (including phenoxy) is 1. The van der Waals surface area contributed by atoms with E-state index in [4.69, 9.17) is 24.7 Å². The monoisotopic (exact) mass is 883 g/mol. The maximum atomic E-state index is 7.80. The van der Waals surface area contributed by atoms with Gasteiger partial charge in [-0.25, -0.2) is 0 Å². The van der Waals surface area contributed by atoms with E-state index < -0.39 is 0 Å². The maximum absolute atomic E-state index is 7.80. The minimum atomic E-state index is 0.0582. The summed E-state index contributed by atoms with van der Waals surface area (Å²) in [6.07, 6.45) is 47.0. The Kier molecular flexibility index (Phi) is 23.0. The fourth-order valence-electron chi connectivity index (χ4n) is 11.1. The van der Waals surface area contributed by atoms with Crippen LogP contribution in [0.3, 0.4) is 0 Å². The van der Waals surface area contributed by atoms with Crippen LogP contribution in [0.4, 0.5) is 0 Å². The van der Waals surface area contributed by atoms with E-state index in [0.717, 1.165) is 58.6 Å². The molecular formula is C60H90N4O. The Balaban J connectivity index is 1.22. The molecule has 0 bridgehead atoms. The largest absolute Gasteiger partial charge is 0.365 e. The summed E-state index contributed by atoms with van der Waals surface area (Å²) in [7, 11) is 0. The molecule has 2 atom stereocenters. The average Bonchev–Trinajstić information content (AvgIpc) is 3.36. The third-order valence-electron chi connectivity index (χ3n) is 15.4. The van der Waals surface area contributed by atoms with Crippen molar-refractivity contribution in [2.45, 2.75) is 233 Å². The number of nitrogens with zero attached hydrogens (tertiary/aromatic N) is 4. The Bertz CT molecular complexity index is 1670. The zero-order valence-corrected chi connectivity index (χ0v) is 41.8. The first-order valence-corrected chi connectivity index (χ1v) is 27.6. The van der Waals surface area contributed by atoms with Crippen LogP contribution in [0.15, 0.2) is 73.3 Å². The Hall–Kier alpha value is -3.44. The van der Waals surface area contributed by atoms with Crippen molar-refractivity contribution in [1.82, 2.24) is 19.9 Å². The van der Waals surface area contributed by atoms with Crippen LogP contribution < -0.4 is 0 Å². The Morgan fingerprint density at radius 2 is 0.754 bits per heavy atom. The quantitative estimate of drug-likeness (QED) is 0.0488. The maximum Gasteiger partial charge on any atom is 0.0885 e. The lowest BCUT2D eigenvalue weighted by molar-refractivity contribution is -0.0907. The van der Waals surface area contributed by atoms with E-state index in [1.807, 2.05) is 24.8 Å². The van der Waals surface area contributed by atoms with E-state index in [2.05, 4.69) is 76.2 Å². The second-order valence-corrected chi connectivity index (χ2v) is 20.6. The van der Waals surface area contributed by atoms with Crippen LogP contribution in [-0.2, 0) is 17.6 Å². The van der Waals surface area contributed by atoms with Gasteiger partial charge in [0.1, 0.15) is 0 Å². The summed E-state index contributed by atoms with van der Waals surface area (Å²) < 4.78 is 7.80. The third-order valence-corrected chi connectivity index (χ3v) is 15.4. The molecule has 2 saturated carbocycles. The second-order valence-electron chi connectivity index (χ2n) is 20.6. The van der Waals surface area contributed by atoms with E-state index in [1.165, 1.54) is 191 Å². The molecule has 2 unspecified atom stereocenters. The van der Waals surface area contributed by atoms with Gasteiger partial charge in [-0.05, 0) is 86.2 Å². The van der Waals surface area contributed by atoms with Crippen LogP contribution >= 0.6 is 0 Å². The first-order chi connectivity index (χ1) is 32.1. The predicted molar refractivity (Wildman–Crippen MR) is 275 cm³/mol. The van der Waals surface area contributed by atoms with Gasteiger partial charge in [-0.15, -0.1) is 0 Å². The van der Waals surface area contributed by atoms with Gasteiger partial charge in [-0.2, -0.15) is 0 Å². The van der Waals surface area contributed by atoms with Crippen molar-refractivity contribution in [3.05, 3.63) is 95.8 Å². The van der Waals surface area contributed by atoms with Gasteiger partial charge in [-0.1, -0.05) is 217 Å². The molecule has 6 rings (SSSR count). The molecule has 5 heteroatoms. The van der Waals surface area contributed by atoms with E-state index in [1.54, 1.807) is 0 Å². The van der Waals surface area contributed by atoms with Crippen LogP contribution in [0.5, 0.6) is 0 Å². The van der Waals surface area contributed by atoms with E-state index in [9.17, 15) is 0 Å². The molecule has 0 spiro atoms. The van der Waals surface area contributed by atoms with Crippen molar-refractivity contribution < 1.29 is 4.74 Å². The van der Waals surface area contributed by atoms with Gasteiger partial charge in [0.25, 0.3) is 0 Å². The molecule has 2 heterocycles. The molecule has 4 aromatic rings. The number of hydrogen-bond acceptors (Lipinski definition) is 5. The first-order valence-electron chi connectivity index (χ1n) is 27.6. The second kappa shape index (κ2) is 29.3. The highest BCUT2D eigenvalue weighted by molar-refractivity contribution is 5.59. The van der Waals surface area contributed by atoms with Gasteiger partial charge < -0.3 is 4.74 Å². The minimum absolute atomic E-state index is 0.0582. The van der Waals surface area contributed by atoms with Gasteiger partial charge in [0.05, 0.1) is 47.4 Å². The van der Waals surface area contributed by atoms with Crippen molar-refractivity contribution in [1.29, 1.82) is 0 Å². The van der Waals surface area contributed by atoms with Crippen molar-refractivity contribution in [2.24, 2.45) is 23.7 Å². The molecule has 0 radical (unpaired) electrons. The molecule has 0 aliphatic heterocycles. The van der Waals surface area contributed by atoms with Crippen LogP contribution in [0.25, 0.3) is 22.5 Å². The Morgan fingerprint density at radius 1 is 0.400 bits per heavy atom. The van der Waals surface area contributed by atoms with Crippen LogP contribution in [0, 0.1) is 23.7 Å². The van der Waals surface area contributed by atoms with Crippen molar-refractivity contribution in [3.63, 3.8) is 0 Å². The predicted octanol–water partition coefficient (Wildman–Crippen LogP) is 18.0. The van der Waals surface area contributed by atoms with E-state index in [-0.39, 0.29) is 12.2 Å². The topological polar surface area (TPSA) is 60.8 Å². The summed E-state index contributed by atoms with van der Waals surface area (Å²) in [5, 5.41) is 0. The number of aryl methyl sites for hydroxylation is 2. The third kappa shape index (κ3) is 17.0. The molecule has 356 valence electrons. The van der Waals surface area contributed by atoms with Crippen molar-refractivity contribution >= 4 is 0 Å². The number of rotatable bonds is 30. The number of aromatic nitrogens is 4. The standard InChI is InChI=1S/C60H90N4O/c1-5-9-13-17-19-23-47-27-31-51(32-28-47)59(53-39-35-49(36-40-53)57-45-61-55(43-63-57)25-21-15-11-7-3)65-60(52-33-29-48(30-34-52)24-20-18-14-10-6-2)54-41-37-50(38-42-54)58-46-62-56(44-64-58)26-22-16-12-8-4/h35-48,51-52,59-60H,5-34H2,1-4H3/t47-,48-,51-,52-,59?,60?. The molecule has 0 N–H and O–H groups in total. The fraction of sp³-hybridized carbons (Fsp3) is 0.667. The lowest BCUT2D eigenvalue weighted by Gasteiger charge is -2.40. The zero-order chi connectivity index (χ0) is 45.3. The number of unbranched alkanes of at least 4 members (excludes halogenated alkanes) is 14. The van der Waals surface area contributed by atoms with Crippen LogP contribution in [0.2, 0.25) is 0 Å². The zero-order valence-electron chi connectivity index (χ0n) is 41.8. The molecule has 2 fully saturated rings. The Morgan fingerprint density at radius 3 is 1.09 bits per heavy atom. The van der Waals surface area contributed by atoms with Crippen molar-refractivity contribution in [3.8, 4) is 22.5 Å². The summed E-state index contributed by atoms with van der Waals surface area (Å²) in [5.74, 6) is 2.76. The molecular weight excluding hydrogens is 793 g/mol. The van der Waals surface area contributed by atoms with Crippen LogP contribution in [-0.4, -0.2) is 19.9 Å². The highest BCUT2D eigenvalue weighted by Crippen LogP contribution is 2.47. The highest BCUT2D eigenvalue weighted by atomic mass is 16.5. The molecule has 65 heavy (non-hydrogen) atoms. The minimum Gasteiger partial charge on any atom is -0.365 e. The average molecular weight is 883 g/mol. The molecule has 2 aromatic carbocycles. The summed E-state index contributed by atoms with van der Waals surface area (Å²) in [6.45, 7) is 9.17. The lowest BCUT2D eigenvalue weighted by atomic mass is 9.74. The smallest absolute Gasteiger partial charge is 0.0885 e. The molecule has 2 aliphatic carbocycles. The van der Waals surface area contributed by atoms with Gasteiger partial charge in [0.15, 0.2) is 0 Å². The highest BCUT2D eigenvalue weighted by Gasteiger charge is 2.36. The fourth-order valence-corrected chi connectivity index (χ4v) is 11.1. The summed E-state index contributed by atoms with van der Waals surface area (Å²) in [6, 6.07) is 18.6. The van der Waals surface area contributed by atoms with Gasteiger partial charge in [0.2, 0.25) is 0 Å². The van der Waals surface area contributed by atoms with E-state index in [0.29, 0.717) is 11.8 Å². The van der Waals surface area contributed by atoms with Crippen LogP contribution in [0.1, 0.15) is 242 Å². The number of benzene rings is 2. The summed E-state index contributed by atoms with van der Waals surface area (Å²) in [4.78, 5) is 19.5. The summed E-state index contributed by atoms with van der Waals surface area (Å²) in [5.41, 5.74) is 9.04. The summed E-state index contributed by atoms with van der Waals surface area (Å²) >= 11 is 0. The van der Waals surface area contributed by atoms with E-state index >= 15 is 0 Å². The first kappa shape index (κ1) is 51.0.